The molecule has 0 saturated carbocycles. The van der Waals surface area contributed by atoms with Crippen molar-refractivity contribution in [1.82, 2.24) is 14.3 Å². The number of aromatic nitrogens is 3. The number of nitrogens with one attached hydrogen (secondary N) is 1. The summed E-state index contributed by atoms with van der Waals surface area (Å²) in [5.41, 5.74) is 2.37. The van der Waals surface area contributed by atoms with Crippen molar-refractivity contribution in [2.24, 2.45) is 0 Å². The molecule has 4 rings (SSSR count). The fraction of sp³-hybridized carbons (Fsp3) is 0.0526. The fourth-order valence-corrected chi connectivity index (χ4v) is 4.75. The summed E-state index contributed by atoms with van der Waals surface area (Å²) in [5, 5.41) is 15.1. The molecule has 2 aromatic heterocycles. The maximum absolute atomic E-state index is 12.4. The van der Waals surface area contributed by atoms with Gasteiger partial charge in [-0.15, -0.1) is 0 Å². The van der Waals surface area contributed by atoms with Crippen LogP contribution in [0.1, 0.15) is 0 Å². The van der Waals surface area contributed by atoms with Crippen LogP contribution in [0.25, 0.3) is 21.5 Å². The number of halogens is 2. The summed E-state index contributed by atoms with van der Waals surface area (Å²) in [6.45, 7) is 0. The number of amides is 1. The van der Waals surface area contributed by atoms with Crippen molar-refractivity contribution in [2.45, 2.75) is 5.03 Å². The van der Waals surface area contributed by atoms with Crippen molar-refractivity contribution in [3.63, 3.8) is 0 Å². The summed E-state index contributed by atoms with van der Waals surface area (Å²) < 4.78 is 5.17. The number of hydrogen-bond donors (Lipinski definition) is 1. The lowest BCUT2D eigenvalue weighted by Gasteiger charge is -2.07. The van der Waals surface area contributed by atoms with E-state index in [4.69, 9.17) is 23.2 Å². The number of benzene rings is 2. The summed E-state index contributed by atoms with van der Waals surface area (Å²) in [7, 11) is 0. The standard InChI is InChI=1S/C19H11Cl2N5O3S2/c20-11-3-6-13(21)14(7-11)24-15(27)8-30-19-18-17(22-9-23-19)16(25-31-18)10-1-4-12(5-2-10)26(28)29/h1-7,9H,8H2,(H,24,27). The van der Waals surface area contributed by atoms with Crippen molar-refractivity contribution >= 4 is 74.0 Å². The molecule has 0 atom stereocenters. The van der Waals surface area contributed by atoms with E-state index in [9.17, 15) is 14.9 Å². The van der Waals surface area contributed by atoms with Crippen molar-refractivity contribution in [3.05, 3.63) is 69.0 Å². The molecule has 1 N–H and O–H groups in total. The number of fused-ring (bicyclic) bond motifs is 1. The zero-order chi connectivity index (χ0) is 22.0. The zero-order valence-corrected chi connectivity index (χ0v) is 18.6. The van der Waals surface area contributed by atoms with Crippen LogP contribution >= 0.6 is 46.5 Å². The van der Waals surface area contributed by atoms with Crippen molar-refractivity contribution in [1.29, 1.82) is 0 Å². The summed E-state index contributed by atoms with van der Waals surface area (Å²) >= 11 is 14.5. The Hall–Kier alpha value is -2.79. The highest BCUT2D eigenvalue weighted by molar-refractivity contribution is 8.00. The van der Waals surface area contributed by atoms with Crippen LogP contribution in [0.3, 0.4) is 0 Å². The lowest BCUT2D eigenvalue weighted by molar-refractivity contribution is -0.384. The van der Waals surface area contributed by atoms with Crippen LogP contribution in [0, 0.1) is 10.1 Å². The number of rotatable bonds is 6. The molecule has 8 nitrogen and oxygen atoms in total. The van der Waals surface area contributed by atoms with E-state index in [1.807, 2.05) is 0 Å². The Kier molecular flexibility index (Phi) is 6.33. The van der Waals surface area contributed by atoms with Crippen molar-refractivity contribution in [2.75, 3.05) is 11.1 Å². The smallest absolute Gasteiger partial charge is 0.269 e. The largest absolute Gasteiger partial charge is 0.324 e. The maximum atomic E-state index is 12.4. The van der Waals surface area contributed by atoms with Gasteiger partial charge in [-0.1, -0.05) is 35.0 Å². The van der Waals surface area contributed by atoms with Crippen LogP contribution in [0.2, 0.25) is 10.0 Å². The monoisotopic (exact) mass is 491 g/mol. The first-order chi connectivity index (χ1) is 14.9. The molecule has 0 radical (unpaired) electrons. The molecule has 1 amide bonds. The van der Waals surface area contributed by atoms with E-state index in [1.165, 1.54) is 41.8 Å². The Labute approximate surface area is 193 Å². The van der Waals surface area contributed by atoms with Gasteiger partial charge in [0.25, 0.3) is 5.69 Å². The minimum absolute atomic E-state index is 0.0000232. The predicted octanol–water partition coefficient (Wildman–Crippen LogP) is 5.70. The third-order valence-electron chi connectivity index (χ3n) is 4.12. The zero-order valence-electron chi connectivity index (χ0n) is 15.4. The van der Waals surface area contributed by atoms with E-state index < -0.39 is 4.92 Å². The molecule has 0 bridgehead atoms. The average Bonchev–Trinajstić information content (AvgIpc) is 3.19. The van der Waals surface area contributed by atoms with Crippen LogP contribution in [0.15, 0.2) is 53.8 Å². The third-order valence-corrected chi connectivity index (χ3v) is 6.64. The van der Waals surface area contributed by atoms with Gasteiger partial charge in [-0.2, -0.15) is 4.37 Å². The second-order valence-corrected chi connectivity index (χ2v) is 8.73. The normalized spacial score (nSPS) is 10.9. The Balaban J connectivity index is 1.52. The first-order valence-electron chi connectivity index (χ1n) is 8.65. The van der Waals surface area contributed by atoms with Gasteiger partial charge >= 0.3 is 0 Å². The van der Waals surface area contributed by atoms with Crippen LogP contribution in [-0.2, 0) is 4.79 Å². The number of thioether (sulfide) groups is 1. The topological polar surface area (TPSA) is 111 Å². The van der Waals surface area contributed by atoms with Gasteiger partial charge in [0.1, 0.15) is 27.3 Å². The summed E-state index contributed by atoms with van der Waals surface area (Å²) in [6.07, 6.45) is 1.40. The number of nitrogens with zero attached hydrogens (tertiary/aromatic N) is 4. The quantitative estimate of drug-likeness (QED) is 0.159. The molecule has 0 unspecified atom stereocenters. The van der Waals surface area contributed by atoms with Crippen molar-refractivity contribution in [3.8, 4) is 11.3 Å². The molecule has 0 aliphatic carbocycles. The van der Waals surface area contributed by atoms with Gasteiger partial charge in [-0.25, -0.2) is 9.97 Å². The Morgan fingerprint density at radius 1 is 1.16 bits per heavy atom. The number of hydrogen-bond acceptors (Lipinski definition) is 8. The van der Waals surface area contributed by atoms with Gasteiger partial charge < -0.3 is 5.32 Å². The summed E-state index contributed by atoms with van der Waals surface area (Å²) in [5.74, 6) is -0.166. The van der Waals surface area contributed by atoms with Crippen LogP contribution in [0.5, 0.6) is 0 Å². The minimum atomic E-state index is -0.457. The van der Waals surface area contributed by atoms with E-state index in [2.05, 4.69) is 19.7 Å². The minimum Gasteiger partial charge on any atom is -0.324 e. The Morgan fingerprint density at radius 2 is 1.94 bits per heavy atom. The van der Waals surface area contributed by atoms with Crippen LogP contribution < -0.4 is 5.32 Å². The molecule has 0 saturated heterocycles. The molecular formula is C19H11Cl2N5O3S2. The second-order valence-electron chi connectivity index (χ2n) is 6.15. The van der Waals surface area contributed by atoms with E-state index in [1.54, 1.807) is 30.3 Å². The highest BCUT2D eigenvalue weighted by Gasteiger charge is 2.16. The second kappa shape index (κ2) is 9.15. The van der Waals surface area contributed by atoms with Gasteiger partial charge in [0.15, 0.2) is 0 Å². The highest BCUT2D eigenvalue weighted by Crippen LogP contribution is 2.35. The predicted molar refractivity (Wildman–Crippen MR) is 123 cm³/mol. The first kappa shape index (κ1) is 21.4. The van der Waals surface area contributed by atoms with Crippen molar-refractivity contribution < 1.29 is 9.72 Å². The molecule has 0 aliphatic heterocycles. The number of carbonyl (C=O) groups is 1. The number of anilines is 1. The van der Waals surface area contributed by atoms with Gasteiger partial charge in [-0.3, -0.25) is 14.9 Å². The van der Waals surface area contributed by atoms with E-state index in [0.29, 0.717) is 37.5 Å². The van der Waals surface area contributed by atoms with Gasteiger partial charge in [0, 0.05) is 22.7 Å². The number of nitro benzene ring substituents is 1. The summed E-state index contributed by atoms with van der Waals surface area (Å²) in [6, 6.07) is 10.9. The van der Waals surface area contributed by atoms with E-state index in [0.717, 1.165) is 4.70 Å². The summed E-state index contributed by atoms with van der Waals surface area (Å²) in [4.78, 5) is 31.3. The SMILES string of the molecule is O=C(CSc1ncnc2c(-c3ccc([N+](=O)[O-])cc3)nsc12)Nc1cc(Cl)ccc1Cl. The Morgan fingerprint density at radius 3 is 2.68 bits per heavy atom. The third kappa shape index (κ3) is 4.77. The van der Waals surface area contributed by atoms with Gasteiger partial charge in [0.2, 0.25) is 5.91 Å². The Bertz CT molecular complexity index is 1300. The lowest BCUT2D eigenvalue weighted by Crippen LogP contribution is -2.14. The average molecular weight is 492 g/mol. The molecule has 0 spiro atoms. The van der Waals surface area contributed by atoms with E-state index in [-0.39, 0.29) is 17.3 Å². The molecule has 31 heavy (non-hydrogen) atoms. The molecule has 0 aliphatic rings. The van der Waals surface area contributed by atoms with Crippen LogP contribution in [0.4, 0.5) is 11.4 Å². The molecule has 0 fully saturated rings. The molecule has 2 heterocycles. The lowest BCUT2D eigenvalue weighted by atomic mass is 10.1. The fourth-order valence-electron chi connectivity index (χ4n) is 2.69. The molecular weight excluding hydrogens is 481 g/mol. The number of carbonyl (C=O) groups excluding carboxylic acids is 1. The molecule has 2 aromatic carbocycles. The number of nitro groups is 1. The van der Waals surface area contributed by atoms with Crippen LogP contribution in [-0.4, -0.2) is 30.9 Å². The maximum Gasteiger partial charge on any atom is 0.269 e. The van der Waals surface area contributed by atoms with Gasteiger partial charge in [-0.05, 0) is 41.9 Å². The molecule has 156 valence electrons. The molecule has 12 heteroatoms. The van der Waals surface area contributed by atoms with Gasteiger partial charge in [0.05, 0.1) is 21.4 Å². The molecule has 4 aromatic rings. The van der Waals surface area contributed by atoms with E-state index >= 15 is 0 Å². The first-order valence-corrected chi connectivity index (χ1v) is 11.2. The number of non-ortho nitro benzene ring substituents is 1. The highest BCUT2D eigenvalue weighted by atomic mass is 35.5.